The number of thioether (sulfide) groups is 1. The van der Waals surface area contributed by atoms with Crippen LogP contribution in [0.1, 0.15) is 22.3 Å². The van der Waals surface area contributed by atoms with Crippen LogP contribution in [-0.4, -0.2) is 48.6 Å². The standard InChI is InChI=1S/C15H20ClNO2S/c1-19-8-7-17(14-6-9-20-11-14)15(18)13-4-2-12(10-16)3-5-13/h2-5,14H,6-11H2,1H3. The fourth-order valence-corrected chi connectivity index (χ4v) is 3.71. The molecule has 1 saturated heterocycles. The van der Waals surface area contributed by atoms with Crippen molar-refractivity contribution in [3.05, 3.63) is 35.4 Å². The van der Waals surface area contributed by atoms with E-state index in [2.05, 4.69) is 0 Å². The van der Waals surface area contributed by atoms with Gasteiger partial charge in [-0.1, -0.05) is 12.1 Å². The lowest BCUT2D eigenvalue weighted by Crippen LogP contribution is -2.42. The Morgan fingerprint density at radius 2 is 2.20 bits per heavy atom. The Morgan fingerprint density at radius 1 is 1.45 bits per heavy atom. The van der Waals surface area contributed by atoms with Crippen molar-refractivity contribution in [1.82, 2.24) is 4.90 Å². The maximum absolute atomic E-state index is 12.7. The Bertz CT molecular complexity index is 432. The number of alkyl halides is 1. The fraction of sp³-hybridized carbons (Fsp3) is 0.533. The molecule has 1 aliphatic heterocycles. The summed E-state index contributed by atoms with van der Waals surface area (Å²) in [6.45, 7) is 1.23. The first-order chi connectivity index (χ1) is 9.76. The highest BCUT2D eigenvalue weighted by Crippen LogP contribution is 2.24. The van der Waals surface area contributed by atoms with Crippen molar-refractivity contribution in [3.63, 3.8) is 0 Å². The number of methoxy groups -OCH3 is 1. The van der Waals surface area contributed by atoms with Crippen molar-refractivity contribution in [3.8, 4) is 0 Å². The zero-order valence-electron chi connectivity index (χ0n) is 11.7. The molecular formula is C15H20ClNO2S. The van der Waals surface area contributed by atoms with Crippen LogP contribution in [-0.2, 0) is 10.6 Å². The summed E-state index contributed by atoms with van der Waals surface area (Å²) in [5.41, 5.74) is 1.76. The molecule has 0 aromatic heterocycles. The van der Waals surface area contributed by atoms with Crippen LogP contribution in [0.3, 0.4) is 0 Å². The molecule has 5 heteroatoms. The minimum Gasteiger partial charge on any atom is -0.383 e. The number of hydrogen-bond acceptors (Lipinski definition) is 3. The molecule has 1 heterocycles. The number of nitrogens with zero attached hydrogens (tertiary/aromatic N) is 1. The largest absolute Gasteiger partial charge is 0.383 e. The van der Waals surface area contributed by atoms with E-state index in [1.165, 1.54) is 0 Å². The average Bonchev–Trinajstić information content (AvgIpc) is 3.01. The third-order valence-electron chi connectivity index (χ3n) is 3.50. The summed E-state index contributed by atoms with van der Waals surface area (Å²) in [6.07, 6.45) is 1.07. The Labute approximate surface area is 129 Å². The molecule has 20 heavy (non-hydrogen) atoms. The van der Waals surface area contributed by atoms with Crippen molar-refractivity contribution >= 4 is 29.3 Å². The van der Waals surface area contributed by atoms with E-state index >= 15 is 0 Å². The van der Waals surface area contributed by atoms with Gasteiger partial charge in [0.15, 0.2) is 0 Å². The van der Waals surface area contributed by atoms with E-state index in [0.717, 1.165) is 29.1 Å². The average molecular weight is 314 g/mol. The van der Waals surface area contributed by atoms with Gasteiger partial charge in [0.25, 0.3) is 5.91 Å². The van der Waals surface area contributed by atoms with Crippen LogP contribution >= 0.6 is 23.4 Å². The van der Waals surface area contributed by atoms with Crippen LogP contribution in [0.25, 0.3) is 0 Å². The van der Waals surface area contributed by atoms with Gasteiger partial charge in [0.05, 0.1) is 6.61 Å². The highest BCUT2D eigenvalue weighted by molar-refractivity contribution is 7.99. The van der Waals surface area contributed by atoms with Gasteiger partial charge in [-0.05, 0) is 29.9 Å². The van der Waals surface area contributed by atoms with Gasteiger partial charge in [0, 0.05) is 36.9 Å². The number of halogens is 1. The molecule has 1 unspecified atom stereocenters. The molecule has 0 N–H and O–H groups in total. The van der Waals surface area contributed by atoms with Gasteiger partial charge in [0.1, 0.15) is 0 Å². The van der Waals surface area contributed by atoms with E-state index < -0.39 is 0 Å². The van der Waals surface area contributed by atoms with Gasteiger partial charge in [-0.2, -0.15) is 11.8 Å². The zero-order chi connectivity index (χ0) is 14.4. The van der Waals surface area contributed by atoms with Crippen molar-refractivity contribution in [2.75, 3.05) is 31.8 Å². The maximum atomic E-state index is 12.7. The highest BCUT2D eigenvalue weighted by Gasteiger charge is 2.27. The molecule has 110 valence electrons. The lowest BCUT2D eigenvalue weighted by molar-refractivity contribution is 0.0624. The molecule has 0 bridgehead atoms. The highest BCUT2D eigenvalue weighted by atomic mass is 35.5. The van der Waals surface area contributed by atoms with E-state index in [0.29, 0.717) is 25.1 Å². The third kappa shape index (κ3) is 3.90. The molecule has 0 radical (unpaired) electrons. The first-order valence-electron chi connectivity index (χ1n) is 6.79. The first-order valence-corrected chi connectivity index (χ1v) is 8.47. The van der Waals surface area contributed by atoms with Crippen LogP contribution in [0.2, 0.25) is 0 Å². The summed E-state index contributed by atoms with van der Waals surface area (Å²) in [7, 11) is 1.67. The van der Waals surface area contributed by atoms with Crippen LogP contribution in [0, 0.1) is 0 Å². The normalized spacial score (nSPS) is 18.2. The Hall–Kier alpha value is -0.710. The minimum atomic E-state index is 0.0932. The van der Waals surface area contributed by atoms with E-state index in [1.807, 2.05) is 40.9 Å². The predicted molar refractivity (Wildman–Crippen MR) is 84.6 cm³/mol. The number of carbonyl (C=O) groups is 1. The third-order valence-corrected chi connectivity index (χ3v) is 4.95. The van der Waals surface area contributed by atoms with Crippen molar-refractivity contribution < 1.29 is 9.53 Å². The molecule has 0 saturated carbocycles. The Morgan fingerprint density at radius 3 is 2.75 bits per heavy atom. The molecule has 0 spiro atoms. The van der Waals surface area contributed by atoms with Gasteiger partial charge in [0.2, 0.25) is 0 Å². The monoisotopic (exact) mass is 313 g/mol. The van der Waals surface area contributed by atoms with Gasteiger partial charge < -0.3 is 9.64 Å². The first kappa shape index (κ1) is 15.7. The van der Waals surface area contributed by atoms with Crippen molar-refractivity contribution in [1.29, 1.82) is 0 Å². The molecular weight excluding hydrogens is 294 g/mol. The van der Waals surface area contributed by atoms with E-state index in [9.17, 15) is 4.79 Å². The van der Waals surface area contributed by atoms with Crippen LogP contribution in [0.5, 0.6) is 0 Å². The molecule has 3 nitrogen and oxygen atoms in total. The van der Waals surface area contributed by atoms with Crippen LogP contribution < -0.4 is 0 Å². The lowest BCUT2D eigenvalue weighted by atomic mass is 10.1. The second-order valence-corrected chi connectivity index (χ2v) is 6.26. The molecule has 1 aromatic carbocycles. The summed E-state index contributed by atoms with van der Waals surface area (Å²) >= 11 is 7.69. The smallest absolute Gasteiger partial charge is 0.254 e. The molecule has 0 aliphatic carbocycles. The number of benzene rings is 1. The van der Waals surface area contributed by atoms with E-state index in [1.54, 1.807) is 7.11 Å². The Kier molecular flexibility index (Phi) is 6.20. The molecule has 1 aliphatic rings. The van der Waals surface area contributed by atoms with E-state index in [-0.39, 0.29) is 5.91 Å². The summed E-state index contributed by atoms with van der Waals surface area (Å²) in [5, 5.41) is 0. The Balaban J connectivity index is 2.11. The quantitative estimate of drug-likeness (QED) is 0.756. The van der Waals surface area contributed by atoms with Crippen molar-refractivity contribution in [2.24, 2.45) is 0 Å². The van der Waals surface area contributed by atoms with Gasteiger partial charge >= 0.3 is 0 Å². The maximum Gasteiger partial charge on any atom is 0.254 e. The summed E-state index contributed by atoms with van der Waals surface area (Å²) in [5.74, 6) is 2.72. The predicted octanol–water partition coefficient (Wildman–Crippen LogP) is 3.02. The van der Waals surface area contributed by atoms with Gasteiger partial charge in [-0.15, -0.1) is 11.6 Å². The second kappa shape index (κ2) is 7.91. The van der Waals surface area contributed by atoms with E-state index in [4.69, 9.17) is 16.3 Å². The number of rotatable bonds is 6. The number of amides is 1. The lowest BCUT2D eigenvalue weighted by Gasteiger charge is -2.28. The van der Waals surface area contributed by atoms with Gasteiger partial charge in [-0.25, -0.2) is 0 Å². The summed E-state index contributed by atoms with van der Waals surface area (Å²) in [4.78, 5) is 14.6. The second-order valence-electron chi connectivity index (χ2n) is 4.84. The summed E-state index contributed by atoms with van der Waals surface area (Å²) < 4.78 is 5.14. The SMILES string of the molecule is COCCN(C(=O)c1ccc(CCl)cc1)C1CCSC1. The van der Waals surface area contributed by atoms with Gasteiger partial charge in [-0.3, -0.25) is 4.79 Å². The molecule has 1 aromatic rings. The van der Waals surface area contributed by atoms with Crippen LogP contribution in [0.4, 0.5) is 0 Å². The molecule has 2 rings (SSSR count). The number of carbonyl (C=O) groups excluding carboxylic acids is 1. The molecule has 1 fully saturated rings. The zero-order valence-corrected chi connectivity index (χ0v) is 13.3. The van der Waals surface area contributed by atoms with Crippen molar-refractivity contribution in [2.45, 2.75) is 18.3 Å². The molecule has 1 atom stereocenters. The number of hydrogen-bond donors (Lipinski definition) is 0. The number of ether oxygens (including phenoxy) is 1. The molecule has 1 amide bonds. The fourth-order valence-electron chi connectivity index (χ4n) is 2.31. The minimum absolute atomic E-state index is 0.0932. The topological polar surface area (TPSA) is 29.5 Å². The summed E-state index contributed by atoms with van der Waals surface area (Å²) in [6, 6.07) is 7.88. The van der Waals surface area contributed by atoms with Crippen LogP contribution in [0.15, 0.2) is 24.3 Å².